The minimum atomic E-state index is -0.625. The Morgan fingerprint density at radius 3 is 2.35 bits per heavy atom. The van der Waals surface area contributed by atoms with Gasteiger partial charge in [-0.15, -0.1) is 11.3 Å². The van der Waals surface area contributed by atoms with Crippen LogP contribution in [0.1, 0.15) is 55.4 Å². The molecule has 0 saturated carbocycles. The summed E-state index contributed by atoms with van der Waals surface area (Å²) in [4.78, 5) is 38.7. The molecular formula is C29H27NO6S. The number of nitrogens with zero attached hydrogens (tertiary/aromatic N) is 1. The maximum atomic E-state index is 13.1. The van der Waals surface area contributed by atoms with Crippen LogP contribution in [0, 0.1) is 18.3 Å². The molecule has 0 bridgehead atoms. The number of esters is 2. The molecule has 0 aliphatic rings. The Kier molecular flexibility index (Phi) is 9.76. The minimum Gasteiger partial charge on any atom is -0.489 e. The molecule has 3 aromatic rings. The lowest BCUT2D eigenvalue weighted by Crippen LogP contribution is -2.12. The van der Waals surface area contributed by atoms with Crippen LogP contribution >= 0.6 is 11.3 Å². The first kappa shape index (κ1) is 27.4. The number of thiophene rings is 1. The highest BCUT2D eigenvalue weighted by Crippen LogP contribution is 2.31. The van der Waals surface area contributed by atoms with Gasteiger partial charge in [-0.25, -0.2) is 9.59 Å². The van der Waals surface area contributed by atoms with E-state index in [2.05, 4.69) is 0 Å². The van der Waals surface area contributed by atoms with E-state index in [4.69, 9.17) is 14.2 Å². The van der Waals surface area contributed by atoms with Crippen molar-refractivity contribution < 1.29 is 28.6 Å². The molecule has 0 unspecified atom stereocenters. The zero-order valence-electron chi connectivity index (χ0n) is 20.9. The fourth-order valence-corrected chi connectivity index (χ4v) is 4.76. The van der Waals surface area contributed by atoms with E-state index < -0.39 is 17.7 Å². The van der Waals surface area contributed by atoms with E-state index in [1.165, 1.54) is 6.08 Å². The van der Waals surface area contributed by atoms with Crippen LogP contribution in [0.15, 0.2) is 60.2 Å². The summed E-state index contributed by atoms with van der Waals surface area (Å²) in [5.74, 6) is -1.09. The number of rotatable bonds is 11. The number of hydrogen-bond donors (Lipinski definition) is 0. The van der Waals surface area contributed by atoms with Crippen molar-refractivity contribution in [3.8, 4) is 11.8 Å². The number of ether oxygens (including phenoxy) is 3. The summed E-state index contributed by atoms with van der Waals surface area (Å²) in [5.41, 5.74) is 2.11. The molecule has 0 aliphatic carbocycles. The van der Waals surface area contributed by atoms with Gasteiger partial charge in [0.25, 0.3) is 0 Å². The van der Waals surface area contributed by atoms with Crippen molar-refractivity contribution in [1.29, 1.82) is 5.26 Å². The molecule has 8 heteroatoms. The number of allylic oxidation sites excluding steroid dienone is 1. The van der Waals surface area contributed by atoms with Gasteiger partial charge in [-0.2, -0.15) is 5.26 Å². The molecule has 1 aromatic heterocycles. The molecule has 1 heterocycles. The van der Waals surface area contributed by atoms with Crippen molar-refractivity contribution in [2.75, 3.05) is 13.2 Å². The van der Waals surface area contributed by atoms with Crippen molar-refractivity contribution in [2.24, 2.45) is 0 Å². The topological polar surface area (TPSA) is 103 Å². The van der Waals surface area contributed by atoms with Crippen molar-refractivity contribution in [1.82, 2.24) is 0 Å². The van der Waals surface area contributed by atoms with Crippen LogP contribution in [0.3, 0.4) is 0 Å². The van der Waals surface area contributed by atoms with Crippen molar-refractivity contribution in [2.45, 2.75) is 33.8 Å². The number of hydrogen-bond acceptors (Lipinski definition) is 8. The number of carbonyl (C=O) groups is 3. The van der Waals surface area contributed by atoms with Gasteiger partial charge in [0.05, 0.1) is 24.4 Å². The van der Waals surface area contributed by atoms with Crippen LogP contribution in [0.5, 0.6) is 5.75 Å². The van der Waals surface area contributed by atoms with Gasteiger partial charge in [-0.1, -0.05) is 42.5 Å². The van der Waals surface area contributed by atoms with E-state index in [9.17, 15) is 19.6 Å². The molecule has 2 aromatic carbocycles. The SMILES string of the molecule is CCOC(=O)c1sc(CC(=O)C(C#N)=Cc2cccc(OCc3ccccc3)c2)c(C(=O)OCC)c1C. The van der Waals surface area contributed by atoms with E-state index in [1.807, 2.05) is 36.4 Å². The molecule has 7 nitrogen and oxygen atoms in total. The van der Waals surface area contributed by atoms with E-state index in [0.29, 0.717) is 28.4 Å². The number of Topliss-reactive ketones (excluding diaryl/α,β-unsaturated/α-hetero) is 1. The maximum absolute atomic E-state index is 13.1. The summed E-state index contributed by atoms with van der Waals surface area (Å²) in [7, 11) is 0. The lowest BCUT2D eigenvalue weighted by molar-refractivity contribution is -0.114. The molecule has 37 heavy (non-hydrogen) atoms. The molecule has 0 N–H and O–H groups in total. The Bertz CT molecular complexity index is 1350. The minimum absolute atomic E-state index is 0.0845. The average molecular weight is 518 g/mol. The third-order valence-corrected chi connectivity index (χ3v) is 6.59. The van der Waals surface area contributed by atoms with Crippen LogP contribution in [0.2, 0.25) is 0 Å². The molecule has 0 atom stereocenters. The van der Waals surface area contributed by atoms with E-state index >= 15 is 0 Å². The third kappa shape index (κ3) is 7.15. The Hall–Kier alpha value is -4.22. The number of ketones is 1. The van der Waals surface area contributed by atoms with Crippen LogP contribution in [-0.2, 0) is 27.3 Å². The van der Waals surface area contributed by atoms with Crippen molar-refractivity contribution in [3.05, 3.63) is 92.2 Å². The van der Waals surface area contributed by atoms with Gasteiger partial charge in [0.2, 0.25) is 0 Å². The molecule has 0 amide bonds. The third-order valence-electron chi connectivity index (χ3n) is 5.32. The Labute approximate surface area is 219 Å². The van der Waals surface area contributed by atoms with Gasteiger partial charge in [-0.3, -0.25) is 4.79 Å². The first-order valence-corrected chi connectivity index (χ1v) is 12.6. The van der Waals surface area contributed by atoms with Gasteiger partial charge in [0.1, 0.15) is 23.3 Å². The van der Waals surface area contributed by atoms with Gasteiger partial charge < -0.3 is 14.2 Å². The van der Waals surface area contributed by atoms with Gasteiger partial charge in [0, 0.05) is 11.3 Å². The Morgan fingerprint density at radius 2 is 1.68 bits per heavy atom. The second kappa shape index (κ2) is 13.2. The lowest BCUT2D eigenvalue weighted by atomic mass is 10.0. The zero-order chi connectivity index (χ0) is 26.8. The van der Waals surface area contributed by atoms with E-state index in [-0.39, 0.29) is 35.6 Å². The largest absolute Gasteiger partial charge is 0.489 e. The summed E-state index contributed by atoms with van der Waals surface area (Å²) < 4.78 is 16.1. The number of benzene rings is 2. The molecule has 0 radical (unpaired) electrons. The molecule has 0 spiro atoms. The molecule has 0 fully saturated rings. The van der Waals surface area contributed by atoms with Crippen LogP contribution in [-0.4, -0.2) is 30.9 Å². The molecule has 3 rings (SSSR count). The summed E-state index contributed by atoms with van der Waals surface area (Å²) in [6.07, 6.45) is 1.25. The smallest absolute Gasteiger partial charge is 0.348 e. The van der Waals surface area contributed by atoms with Crippen molar-refractivity contribution in [3.63, 3.8) is 0 Å². The first-order valence-electron chi connectivity index (χ1n) is 11.8. The average Bonchev–Trinajstić information content (AvgIpc) is 3.22. The monoisotopic (exact) mass is 517 g/mol. The normalized spacial score (nSPS) is 10.9. The molecular weight excluding hydrogens is 490 g/mol. The highest BCUT2D eigenvalue weighted by atomic mass is 32.1. The van der Waals surface area contributed by atoms with Crippen molar-refractivity contribution >= 4 is 35.1 Å². The lowest BCUT2D eigenvalue weighted by Gasteiger charge is -2.07. The van der Waals surface area contributed by atoms with E-state index in [0.717, 1.165) is 16.9 Å². The predicted molar refractivity (Wildman–Crippen MR) is 140 cm³/mol. The molecule has 0 aliphatic heterocycles. The number of carbonyl (C=O) groups excluding carboxylic acids is 3. The summed E-state index contributed by atoms with van der Waals surface area (Å²) >= 11 is 1.00. The standard InChI is InChI=1S/C29H27NO6S/c1-4-34-28(32)26-19(3)27(29(33)35-5-2)37-25(26)16-24(31)22(17-30)14-21-12-9-13-23(15-21)36-18-20-10-7-6-8-11-20/h6-15H,4-5,16,18H2,1-3H3. The maximum Gasteiger partial charge on any atom is 0.348 e. The molecule has 190 valence electrons. The van der Waals surface area contributed by atoms with Crippen LogP contribution in [0.4, 0.5) is 0 Å². The van der Waals surface area contributed by atoms with Crippen LogP contribution < -0.4 is 4.74 Å². The summed E-state index contributed by atoms with van der Waals surface area (Å²) in [6.45, 7) is 5.67. The summed E-state index contributed by atoms with van der Waals surface area (Å²) in [5, 5.41) is 9.71. The Balaban J connectivity index is 1.84. The summed E-state index contributed by atoms with van der Waals surface area (Å²) in [6, 6.07) is 18.7. The zero-order valence-corrected chi connectivity index (χ0v) is 21.7. The van der Waals surface area contributed by atoms with Crippen LogP contribution in [0.25, 0.3) is 6.08 Å². The fourth-order valence-electron chi connectivity index (χ4n) is 3.58. The van der Waals surface area contributed by atoms with Gasteiger partial charge in [-0.05, 0) is 55.7 Å². The highest BCUT2D eigenvalue weighted by Gasteiger charge is 2.28. The predicted octanol–water partition coefficient (Wildman–Crippen LogP) is 5.71. The second-order valence-corrected chi connectivity index (χ2v) is 9.02. The first-order chi connectivity index (χ1) is 17.9. The number of nitriles is 1. The van der Waals surface area contributed by atoms with E-state index in [1.54, 1.807) is 45.0 Å². The molecule has 0 saturated heterocycles. The Morgan fingerprint density at radius 1 is 0.973 bits per heavy atom. The van der Waals surface area contributed by atoms with Gasteiger partial charge in [0.15, 0.2) is 5.78 Å². The highest BCUT2D eigenvalue weighted by molar-refractivity contribution is 7.14. The fraction of sp³-hybridized carbons (Fsp3) is 0.241. The second-order valence-electron chi connectivity index (χ2n) is 7.91. The van der Waals surface area contributed by atoms with Gasteiger partial charge >= 0.3 is 11.9 Å². The quantitative estimate of drug-likeness (QED) is 0.182.